The van der Waals surface area contributed by atoms with Crippen LogP contribution in [0.15, 0.2) is 41.7 Å². The molecular weight excluding hydrogens is 380 g/mol. The van der Waals surface area contributed by atoms with Gasteiger partial charge in [0, 0.05) is 39.9 Å². The molecule has 1 aromatic carbocycles. The van der Waals surface area contributed by atoms with E-state index in [1.807, 2.05) is 24.2 Å². The number of guanidine groups is 1. The van der Waals surface area contributed by atoms with E-state index in [0.29, 0.717) is 26.2 Å². The second-order valence-corrected chi connectivity index (χ2v) is 8.46. The number of rotatable bonds is 5. The van der Waals surface area contributed by atoms with E-state index >= 15 is 0 Å². The summed E-state index contributed by atoms with van der Waals surface area (Å²) in [6, 6.07) is 8.32. The monoisotopic (exact) mass is 412 g/mol. The zero-order chi connectivity index (χ0) is 21.7. The smallest absolute Gasteiger partial charge is 0.246 e. The van der Waals surface area contributed by atoms with Gasteiger partial charge in [-0.1, -0.05) is 24.3 Å². The van der Waals surface area contributed by atoms with Crippen LogP contribution in [0.2, 0.25) is 0 Å². The van der Waals surface area contributed by atoms with Crippen LogP contribution in [0.5, 0.6) is 0 Å². The fraction of sp³-hybridized carbons (Fsp3) is 0.500. The second-order valence-electron chi connectivity index (χ2n) is 8.46. The molecule has 8 nitrogen and oxygen atoms in total. The Labute approximate surface area is 178 Å². The lowest BCUT2D eigenvalue weighted by atomic mass is 10.1. The molecule has 1 saturated heterocycles. The number of amides is 1. The van der Waals surface area contributed by atoms with Gasteiger partial charge in [0.25, 0.3) is 0 Å². The standard InChI is InChI=1S/C22H32N6O2/c1-22(2,3)30-16-18-8-6-7-17(11-18)12-24-21(23-4)27-9-10-28(20(29)15-27)19-13-25-26(5)14-19/h6-8,11,13-14H,9-10,12,15-16H2,1-5H3,(H,23,24). The number of anilines is 1. The summed E-state index contributed by atoms with van der Waals surface area (Å²) in [6.07, 6.45) is 3.58. The number of carbonyl (C=O) groups excluding carboxylic acids is 1. The van der Waals surface area contributed by atoms with Crippen molar-refractivity contribution in [3.8, 4) is 0 Å². The largest absolute Gasteiger partial charge is 0.371 e. The number of hydrogen-bond acceptors (Lipinski definition) is 4. The molecular formula is C22H32N6O2. The molecule has 0 saturated carbocycles. The van der Waals surface area contributed by atoms with Crippen molar-refractivity contribution in [2.75, 3.05) is 31.6 Å². The van der Waals surface area contributed by atoms with Crippen molar-refractivity contribution in [2.24, 2.45) is 12.0 Å². The maximum atomic E-state index is 12.7. The van der Waals surface area contributed by atoms with Crippen LogP contribution < -0.4 is 10.2 Å². The van der Waals surface area contributed by atoms with Gasteiger partial charge in [-0.2, -0.15) is 5.10 Å². The van der Waals surface area contributed by atoms with Crippen molar-refractivity contribution in [3.63, 3.8) is 0 Å². The van der Waals surface area contributed by atoms with Crippen LogP contribution in [-0.2, 0) is 29.7 Å². The van der Waals surface area contributed by atoms with E-state index in [1.54, 1.807) is 22.8 Å². The van der Waals surface area contributed by atoms with E-state index in [-0.39, 0.29) is 18.1 Å². The fourth-order valence-electron chi connectivity index (χ4n) is 3.32. The highest BCUT2D eigenvalue weighted by Gasteiger charge is 2.27. The van der Waals surface area contributed by atoms with E-state index < -0.39 is 0 Å². The molecule has 2 aromatic rings. The number of piperazine rings is 1. The number of hydrogen-bond donors (Lipinski definition) is 1. The average molecular weight is 413 g/mol. The van der Waals surface area contributed by atoms with Gasteiger partial charge in [-0.05, 0) is 31.9 Å². The van der Waals surface area contributed by atoms with Gasteiger partial charge >= 0.3 is 0 Å². The molecule has 1 amide bonds. The molecule has 1 aliphatic heterocycles. The summed E-state index contributed by atoms with van der Waals surface area (Å²) in [7, 11) is 3.59. The van der Waals surface area contributed by atoms with Crippen molar-refractivity contribution >= 4 is 17.6 Å². The van der Waals surface area contributed by atoms with Crippen molar-refractivity contribution in [1.29, 1.82) is 0 Å². The van der Waals surface area contributed by atoms with E-state index in [4.69, 9.17) is 4.74 Å². The van der Waals surface area contributed by atoms with Crippen molar-refractivity contribution < 1.29 is 9.53 Å². The molecule has 0 unspecified atom stereocenters. The van der Waals surface area contributed by atoms with Gasteiger partial charge in [0.1, 0.15) is 6.54 Å². The van der Waals surface area contributed by atoms with Gasteiger partial charge in [0.15, 0.2) is 5.96 Å². The molecule has 0 atom stereocenters. The fourth-order valence-corrected chi connectivity index (χ4v) is 3.32. The third-order valence-corrected chi connectivity index (χ3v) is 4.85. The van der Waals surface area contributed by atoms with Crippen molar-refractivity contribution in [2.45, 2.75) is 39.5 Å². The molecule has 0 spiro atoms. The number of benzene rings is 1. The predicted octanol–water partition coefficient (Wildman–Crippen LogP) is 2.16. The van der Waals surface area contributed by atoms with Gasteiger partial charge in [0.2, 0.25) is 5.91 Å². The van der Waals surface area contributed by atoms with Gasteiger partial charge in [-0.15, -0.1) is 0 Å². The third-order valence-electron chi connectivity index (χ3n) is 4.85. The second kappa shape index (κ2) is 9.30. The highest BCUT2D eigenvalue weighted by atomic mass is 16.5. The molecule has 1 fully saturated rings. The Morgan fingerprint density at radius 3 is 2.67 bits per heavy atom. The third kappa shape index (κ3) is 5.82. The summed E-state index contributed by atoms with van der Waals surface area (Å²) in [5.41, 5.74) is 2.95. The molecule has 8 heteroatoms. The molecule has 162 valence electrons. The summed E-state index contributed by atoms with van der Waals surface area (Å²) in [5.74, 6) is 0.768. The Hall–Kier alpha value is -2.87. The van der Waals surface area contributed by atoms with E-state index in [2.05, 4.69) is 54.4 Å². The zero-order valence-corrected chi connectivity index (χ0v) is 18.6. The van der Waals surface area contributed by atoms with E-state index in [1.165, 1.54) is 0 Å². The van der Waals surface area contributed by atoms with Gasteiger partial charge in [-0.25, -0.2) is 0 Å². The molecule has 0 radical (unpaired) electrons. The Morgan fingerprint density at radius 1 is 1.27 bits per heavy atom. The molecule has 1 aromatic heterocycles. The highest BCUT2D eigenvalue weighted by Crippen LogP contribution is 2.16. The van der Waals surface area contributed by atoms with E-state index in [9.17, 15) is 4.79 Å². The van der Waals surface area contributed by atoms with Crippen LogP contribution >= 0.6 is 0 Å². The molecule has 1 aliphatic rings. The first-order valence-electron chi connectivity index (χ1n) is 10.2. The van der Waals surface area contributed by atoms with Gasteiger partial charge < -0.3 is 19.9 Å². The minimum absolute atomic E-state index is 0.0403. The summed E-state index contributed by atoms with van der Waals surface area (Å²) in [6.45, 7) is 8.97. The average Bonchev–Trinajstić information content (AvgIpc) is 3.13. The van der Waals surface area contributed by atoms with Gasteiger partial charge in [0.05, 0.1) is 24.1 Å². The maximum absolute atomic E-state index is 12.7. The number of nitrogens with zero attached hydrogens (tertiary/aromatic N) is 5. The summed E-state index contributed by atoms with van der Waals surface area (Å²) < 4.78 is 7.58. The molecule has 2 heterocycles. The van der Waals surface area contributed by atoms with Gasteiger partial charge in [-0.3, -0.25) is 14.5 Å². The first-order chi connectivity index (χ1) is 14.2. The Kier molecular flexibility index (Phi) is 6.77. The van der Waals surface area contributed by atoms with Crippen LogP contribution in [0, 0.1) is 0 Å². The highest BCUT2D eigenvalue weighted by molar-refractivity contribution is 5.98. The Bertz CT molecular complexity index is 899. The summed E-state index contributed by atoms with van der Waals surface area (Å²) in [5, 5.41) is 7.54. The number of ether oxygens (including phenoxy) is 1. The predicted molar refractivity (Wildman–Crippen MR) is 118 cm³/mol. The zero-order valence-electron chi connectivity index (χ0n) is 18.6. The van der Waals surface area contributed by atoms with Crippen molar-refractivity contribution in [3.05, 3.63) is 47.8 Å². The molecule has 0 bridgehead atoms. The molecule has 30 heavy (non-hydrogen) atoms. The Balaban J connectivity index is 1.56. The molecule has 1 N–H and O–H groups in total. The summed E-state index contributed by atoms with van der Waals surface area (Å²) >= 11 is 0. The lowest BCUT2D eigenvalue weighted by Gasteiger charge is -2.35. The lowest BCUT2D eigenvalue weighted by molar-refractivity contribution is -0.120. The SMILES string of the molecule is CN=C(NCc1cccc(COC(C)(C)C)c1)N1CCN(c2cnn(C)c2)C(=O)C1. The first-order valence-corrected chi connectivity index (χ1v) is 10.2. The number of aliphatic imine (C=N–C) groups is 1. The lowest BCUT2D eigenvalue weighted by Crippen LogP contribution is -2.55. The van der Waals surface area contributed by atoms with Crippen LogP contribution in [0.25, 0.3) is 0 Å². The van der Waals surface area contributed by atoms with Crippen LogP contribution in [0.1, 0.15) is 31.9 Å². The van der Waals surface area contributed by atoms with Crippen molar-refractivity contribution in [1.82, 2.24) is 20.0 Å². The van der Waals surface area contributed by atoms with Crippen LogP contribution in [0.3, 0.4) is 0 Å². The molecule has 3 rings (SSSR count). The Morgan fingerprint density at radius 2 is 2.03 bits per heavy atom. The minimum atomic E-state index is -0.166. The minimum Gasteiger partial charge on any atom is -0.371 e. The number of nitrogens with one attached hydrogen (secondary N) is 1. The normalized spacial score (nSPS) is 15.6. The summed E-state index contributed by atoms with van der Waals surface area (Å²) in [4.78, 5) is 20.8. The number of carbonyl (C=O) groups is 1. The maximum Gasteiger partial charge on any atom is 0.246 e. The first kappa shape index (κ1) is 21.8. The molecule has 0 aliphatic carbocycles. The number of aromatic nitrogens is 2. The van der Waals surface area contributed by atoms with Crippen LogP contribution in [0.4, 0.5) is 5.69 Å². The number of aryl methyl sites for hydroxylation is 1. The van der Waals surface area contributed by atoms with E-state index in [0.717, 1.165) is 22.8 Å². The topological polar surface area (TPSA) is 75.0 Å². The quantitative estimate of drug-likeness (QED) is 0.602. The van der Waals surface area contributed by atoms with Crippen LogP contribution in [-0.4, -0.2) is 58.8 Å².